The van der Waals surface area contributed by atoms with Crippen molar-refractivity contribution in [3.63, 3.8) is 0 Å². The van der Waals surface area contributed by atoms with E-state index in [1.807, 2.05) is 0 Å². The first-order valence-corrected chi connectivity index (χ1v) is 8.25. The molecule has 1 saturated heterocycles. The second-order valence-corrected chi connectivity index (χ2v) is 7.60. The molecule has 1 heterocycles. The van der Waals surface area contributed by atoms with Gasteiger partial charge in [-0.3, -0.25) is 0 Å². The van der Waals surface area contributed by atoms with Crippen LogP contribution in [0.3, 0.4) is 0 Å². The maximum atomic E-state index is 10.8. The summed E-state index contributed by atoms with van der Waals surface area (Å²) >= 11 is 0. The molecule has 0 aromatic rings. The highest BCUT2D eigenvalue weighted by Gasteiger charge is 2.39. The Morgan fingerprint density at radius 3 is 2.21 bits per heavy atom. The van der Waals surface area contributed by atoms with Gasteiger partial charge < -0.3 is 9.84 Å². The van der Waals surface area contributed by atoms with E-state index >= 15 is 0 Å². The minimum atomic E-state index is -0.373. The summed E-state index contributed by atoms with van der Waals surface area (Å²) in [7, 11) is 0. The van der Waals surface area contributed by atoms with Gasteiger partial charge in [-0.1, -0.05) is 27.2 Å². The number of rotatable bonds is 4. The summed E-state index contributed by atoms with van der Waals surface area (Å²) in [5, 5.41) is 10.8. The first-order chi connectivity index (χ1) is 8.95. The smallest absolute Gasteiger partial charge is 0.0650 e. The van der Waals surface area contributed by atoms with Crippen molar-refractivity contribution >= 4 is 0 Å². The SMILES string of the molecule is CCC(C)(C)C1CCC(O)(CC2CCOCC2)CC1. The quantitative estimate of drug-likeness (QED) is 0.829. The van der Waals surface area contributed by atoms with E-state index in [1.165, 1.54) is 19.3 Å². The number of hydrogen-bond acceptors (Lipinski definition) is 2. The second kappa shape index (κ2) is 6.13. The van der Waals surface area contributed by atoms with Crippen LogP contribution in [0.4, 0.5) is 0 Å². The Morgan fingerprint density at radius 1 is 1.11 bits per heavy atom. The predicted octanol–water partition coefficient (Wildman–Crippen LogP) is 4.16. The standard InChI is InChI=1S/C17H32O2/c1-4-16(2,3)15-5-9-17(18,10-6-15)13-14-7-11-19-12-8-14/h14-15,18H,4-13H2,1-3H3. The Bertz CT molecular complexity index is 271. The summed E-state index contributed by atoms with van der Waals surface area (Å²) < 4.78 is 5.42. The molecule has 19 heavy (non-hydrogen) atoms. The van der Waals surface area contributed by atoms with Crippen LogP contribution < -0.4 is 0 Å². The minimum Gasteiger partial charge on any atom is -0.390 e. The first kappa shape index (κ1) is 15.3. The number of hydrogen-bond donors (Lipinski definition) is 1. The fraction of sp³-hybridized carbons (Fsp3) is 1.00. The summed E-state index contributed by atoms with van der Waals surface area (Å²) in [6.07, 6.45) is 8.99. The zero-order valence-electron chi connectivity index (χ0n) is 13.1. The van der Waals surface area contributed by atoms with Crippen LogP contribution in [0.25, 0.3) is 0 Å². The summed E-state index contributed by atoms with van der Waals surface area (Å²) in [6, 6.07) is 0. The molecule has 0 unspecified atom stereocenters. The molecule has 1 N–H and O–H groups in total. The highest BCUT2D eigenvalue weighted by molar-refractivity contribution is 4.91. The van der Waals surface area contributed by atoms with E-state index in [1.54, 1.807) is 0 Å². The second-order valence-electron chi connectivity index (χ2n) is 7.60. The van der Waals surface area contributed by atoms with Gasteiger partial charge in [0.15, 0.2) is 0 Å². The minimum absolute atomic E-state index is 0.373. The molecule has 2 aliphatic rings. The van der Waals surface area contributed by atoms with E-state index in [-0.39, 0.29) is 5.60 Å². The molecular formula is C17H32O2. The third-order valence-electron chi connectivity index (χ3n) is 5.94. The molecule has 1 aliphatic carbocycles. The van der Waals surface area contributed by atoms with Gasteiger partial charge in [0, 0.05) is 13.2 Å². The molecule has 0 atom stereocenters. The molecular weight excluding hydrogens is 236 g/mol. The molecule has 2 rings (SSSR count). The highest BCUT2D eigenvalue weighted by atomic mass is 16.5. The average molecular weight is 268 g/mol. The monoisotopic (exact) mass is 268 g/mol. The molecule has 0 bridgehead atoms. The van der Waals surface area contributed by atoms with Crippen molar-refractivity contribution in [2.75, 3.05) is 13.2 Å². The van der Waals surface area contributed by atoms with Crippen LogP contribution in [0.5, 0.6) is 0 Å². The molecule has 1 saturated carbocycles. The van der Waals surface area contributed by atoms with Gasteiger partial charge in [0.05, 0.1) is 5.60 Å². The molecule has 112 valence electrons. The maximum absolute atomic E-state index is 10.8. The van der Waals surface area contributed by atoms with Crippen molar-refractivity contribution < 1.29 is 9.84 Å². The fourth-order valence-corrected chi connectivity index (χ4v) is 3.92. The van der Waals surface area contributed by atoms with Gasteiger partial charge >= 0.3 is 0 Å². The van der Waals surface area contributed by atoms with E-state index in [0.717, 1.165) is 51.2 Å². The molecule has 2 fully saturated rings. The molecule has 0 spiro atoms. The van der Waals surface area contributed by atoms with Crippen molar-refractivity contribution in [2.24, 2.45) is 17.3 Å². The van der Waals surface area contributed by atoms with Crippen molar-refractivity contribution in [1.82, 2.24) is 0 Å². The Balaban J connectivity index is 1.83. The van der Waals surface area contributed by atoms with Crippen molar-refractivity contribution in [3.8, 4) is 0 Å². The first-order valence-electron chi connectivity index (χ1n) is 8.25. The number of ether oxygens (including phenoxy) is 1. The molecule has 2 nitrogen and oxygen atoms in total. The van der Waals surface area contributed by atoms with Crippen LogP contribution in [-0.4, -0.2) is 23.9 Å². The van der Waals surface area contributed by atoms with E-state index in [2.05, 4.69) is 20.8 Å². The number of aliphatic hydroxyl groups is 1. The fourth-order valence-electron chi connectivity index (χ4n) is 3.92. The highest BCUT2D eigenvalue weighted by Crippen LogP contribution is 2.45. The van der Waals surface area contributed by atoms with Crippen LogP contribution in [0.2, 0.25) is 0 Å². The Labute approximate surface area is 118 Å². The van der Waals surface area contributed by atoms with Gasteiger partial charge in [-0.2, -0.15) is 0 Å². The van der Waals surface area contributed by atoms with Gasteiger partial charge in [0.25, 0.3) is 0 Å². The maximum Gasteiger partial charge on any atom is 0.0650 e. The van der Waals surface area contributed by atoms with Crippen LogP contribution in [-0.2, 0) is 4.74 Å². The van der Waals surface area contributed by atoms with Crippen molar-refractivity contribution in [1.29, 1.82) is 0 Å². The van der Waals surface area contributed by atoms with Crippen molar-refractivity contribution in [3.05, 3.63) is 0 Å². The van der Waals surface area contributed by atoms with Crippen LogP contribution in [0, 0.1) is 17.3 Å². The molecule has 0 aromatic carbocycles. The lowest BCUT2D eigenvalue weighted by Crippen LogP contribution is -2.40. The van der Waals surface area contributed by atoms with Crippen LogP contribution in [0.1, 0.15) is 72.1 Å². The van der Waals surface area contributed by atoms with Crippen molar-refractivity contribution in [2.45, 2.75) is 77.7 Å². The summed E-state index contributed by atoms with van der Waals surface area (Å²) in [4.78, 5) is 0. The molecule has 2 heteroatoms. The largest absolute Gasteiger partial charge is 0.390 e. The lowest BCUT2D eigenvalue weighted by molar-refractivity contribution is -0.0567. The van der Waals surface area contributed by atoms with E-state index in [9.17, 15) is 5.11 Å². The lowest BCUT2D eigenvalue weighted by Gasteiger charge is -2.44. The Morgan fingerprint density at radius 2 is 1.68 bits per heavy atom. The summed E-state index contributed by atoms with van der Waals surface area (Å²) in [5.41, 5.74) is 0.0718. The molecule has 0 radical (unpaired) electrons. The zero-order chi connectivity index (χ0) is 13.9. The average Bonchev–Trinajstić information content (AvgIpc) is 2.40. The predicted molar refractivity (Wildman–Crippen MR) is 79.1 cm³/mol. The third kappa shape index (κ3) is 3.95. The molecule has 0 aromatic heterocycles. The summed E-state index contributed by atoms with van der Waals surface area (Å²) in [5.74, 6) is 1.49. The van der Waals surface area contributed by atoms with Gasteiger partial charge in [-0.25, -0.2) is 0 Å². The molecule has 1 aliphatic heterocycles. The van der Waals surface area contributed by atoms with E-state index in [4.69, 9.17) is 4.74 Å². The van der Waals surface area contributed by atoms with Gasteiger partial charge in [0.1, 0.15) is 0 Å². The Hall–Kier alpha value is -0.0800. The van der Waals surface area contributed by atoms with E-state index in [0.29, 0.717) is 11.3 Å². The van der Waals surface area contributed by atoms with Gasteiger partial charge in [-0.15, -0.1) is 0 Å². The van der Waals surface area contributed by atoms with E-state index < -0.39 is 0 Å². The lowest BCUT2D eigenvalue weighted by atomic mass is 9.65. The zero-order valence-corrected chi connectivity index (χ0v) is 13.1. The summed E-state index contributed by atoms with van der Waals surface area (Å²) in [6.45, 7) is 8.86. The van der Waals surface area contributed by atoms with Gasteiger partial charge in [0.2, 0.25) is 0 Å². The topological polar surface area (TPSA) is 29.5 Å². The van der Waals surface area contributed by atoms with Crippen LogP contribution >= 0.6 is 0 Å². The molecule has 0 amide bonds. The normalized spacial score (nSPS) is 34.4. The van der Waals surface area contributed by atoms with Crippen LogP contribution in [0.15, 0.2) is 0 Å². The third-order valence-corrected chi connectivity index (χ3v) is 5.94. The Kier molecular flexibility index (Phi) is 4.94. The van der Waals surface area contributed by atoms with Gasteiger partial charge in [-0.05, 0) is 62.2 Å².